The molecule has 29 heavy (non-hydrogen) atoms. The van der Waals surface area contributed by atoms with Crippen molar-refractivity contribution in [2.45, 2.75) is 51.1 Å². The molecule has 0 radical (unpaired) electrons. The molecule has 3 saturated heterocycles. The fourth-order valence-corrected chi connectivity index (χ4v) is 6.36. The van der Waals surface area contributed by atoms with Gasteiger partial charge in [-0.1, -0.05) is 44.2 Å². The van der Waals surface area contributed by atoms with Gasteiger partial charge in [0.05, 0.1) is 0 Å². The Morgan fingerprint density at radius 1 is 1.31 bits per heavy atom. The lowest BCUT2D eigenvalue weighted by Crippen LogP contribution is -2.76. The van der Waals surface area contributed by atoms with Gasteiger partial charge in [0, 0.05) is 31.6 Å². The van der Waals surface area contributed by atoms with Gasteiger partial charge in [0.25, 0.3) is 0 Å². The number of hydrogen-bond acceptors (Lipinski definition) is 4. The van der Waals surface area contributed by atoms with Crippen LogP contribution in [0.5, 0.6) is 0 Å². The number of carbonyl (C=O) groups excluding carboxylic acids is 1. The van der Waals surface area contributed by atoms with Gasteiger partial charge in [0.1, 0.15) is 5.54 Å². The van der Waals surface area contributed by atoms with E-state index in [-0.39, 0.29) is 11.9 Å². The summed E-state index contributed by atoms with van der Waals surface area (Å²) in [6.45, 7) is 9.09. The van der Waals surface area contributed by atoms with Crippen molar-refractivity contribution in [1.29, 1.82) is 0 Å². The van der Waals surface area contributed by atoms with Crippen molar-refractivity contribution >= 4 is 5.91 Å². The van der Waals surface area contributed by atoms with Crippen molar-refractivity contribution in [3.63, 3.8) is 0 Å². The van der Waals surface area contributed by atoms with Gasteiger partial charge in [-0.3, -0.25) is 9.69 Å². The summed E-state index contributed by atoms with van der Waals surface area (Å²) >= 11 is 0. The monoisotopic (exact) mass is 398 g/mol. The Kier molecular flexibility index (Phi) is 6.28. The number of carbonyl (C=O) groups is 1. The van der Waals surface area contributed by atoms with Gasteiger partial charge in [-0.25, -0.2) is 0 Å². The Morgan fingerprint density at radius 2 is 2.10 bits per heavy atom. The number of benzene rings is 1. The molecule has 1 aromatic rings. The van der Waals surface area contributed by atoms with E-state index in [1.54, 1.807) is 0 Å². The molecule has 4 bridgehead atoms. The number of nitrogens with two attached hydrogens (primary N) is 1. The van der Waals surface area contributed by atoms with Crippen LogP contribution in [0, 0.1) is 23.7 Å². The highest BCUT2D eigenvalue weighted by Gasteiger charge is 2.67. The van der Waals surface area contributed by atoms with Crippen molar-refractivity contribution in [2.24, 2.45) is 29.4 Å². The summed E-state index contributed by atoms with van der Waals surface area (Å²) in [7, 11) is 0. The van der Waals surface area contributed by atoms with E-state index >= 15 is 0 Å². The molecule has 5 heteroatoms. The zero-order chi connectivity index (χ0) is 20.4. The van der Waals surface area contributed by atoms with Crippen LogP contribution in [-0.4, -0.2) is 55.1 Å². The Balaban J connectivity index is 1.60. The number of amides is 1. The summed E-state index contributed by atoms with van der Waals surface area (Å²) in [4.78, 5) is 16.2. The molecule has 5 nitrogen and oxygen atoms in total. The molecule has 4 fully saturated rings. The van der Waals surface area contributed by atoms with Crippen molar-refractivity contribution in [2.75, 3.05) is 32.7 Å². The number of piperidine rings is 2. The summed E-state index contributed by atoms with van der Waals surface area (Å²) in [6, 6.07) is 11.1. The smallest absolute Gasteiger partial charge is 0.242 e. The second-order valence-corrected chi connectivity index (χ2v) is 9.84. The zero-order valence-corrected chi connectivity index (χ0v) is 18.1. The van der Waals surface area contributed by atoms with Gasteiger partial charge < -0.3 is 16.4 Å². The van der Waals surface area contributed by atoms with Crippen molar-refractivity contribution in [3.8, 4) is 0 Å². The zero-order valence-electron chi connectivity index (χ0n) is 18.1. The Hall–Kier alpha value is -1.43. The maximum Gasteiger partial charge on any atom is 0.242 e. The van der Waals surface area contributed by atoms with Crippen LogP contribution in [0.15, 0.2) is 30.3 Å². The van der Waals surface area contributed by atoms with Crippen LogP contribution in [0.2, 0.25) is 0 Å². The molecule has 160 valence electrons. The van der Waals surface area contributed by atoms with Gasteiger partial charge in [0.15, 0.2) is 0 Å². The molecule has 0 spiro atoms. The van der Waals surface area contributed by atoms with E-state index in [1.165, 1.54) is 12.0 Å². The first-order valence-corrected chi connectivity index (χ1v) is 11.6. The predicted octanol–water partition coefficient (Wildman–Crippen LogP) is 2.02. The van der Waals surface area contributed by atoms with E-state index in [9.17, 15) is 4.79 Å². The Labute approximate surface area is 175 Å². The standard InChI is InChI=1S/C24H38N4O/c1-17(2)15-28-16-20-13-19-14-27-24(20,23(29)26-11-7-6-10-25)22(28)21(19)12-18-8-4-3-5-9-18/h3-5,8-9,17,19-22,27H,6-7,10-16,25H2,1-2H3,(H,26,29)/t19-,20-,21+,22-,24-/m0/s1. The molecule has 3 heterocycles. The van der Waals surface area contributed by atoms with E-state index in [1.807, 2.05) is 0 Å². The minimum Gasteiger partial charge on any atom is -0.354 e. The Morgan fingerprint density at radius 3 is 2.83 bits per heavy atom. The average Bonchev–Trinajstić information content (AvgIpc) is 2.97. The van der Waals surface area contributed by atoms with Gasteiger partial charge >= 0.3 is 0 Å². The molecule has 0 unspecified atom stereocenters. The SMILES string of the molecule is CC(C)CN1C[C@@H]2C[C@H]3CN[C@]2(C(=O)NCCCCN)[C@@H]1[C@@H]3Cc1ccccc1. The normalized spacial score (nSPS) is 33.4. The van der Waals surface area contributed by atoms with E-state index in [0.29, 0.717) is 30.2 Å². The van der Waals surface area contributed by atoms with Gasteiger partial charge in [0.2, 0.25) is 5.91 Å². The second kappa shape index (κ2) is 8.75. The first-order chi connectivity index (χ1) is 14.1. The molecular weight excluding hydrogens is 360 g/mol. The van der Waals surface area contributed by atoms with E-state index in [2.05, 4.69) is 59.7 Å². The fourth-order valence-electron chi connectivity index (χ4n) is 6.36. The third kappa shape index (κ3) is 3.85. The molecule has 1 saturated carbocycles. The molecule has 0 aromatic heterocycles. The minimum absolute atomic E-state index is 0.229. The van der Waals surface area contributed by atoms with Gasteiger partial charge in [-0.2, -0.15) is 0 Å². The number of likely N-dealkylation sites (tertiary alicyclic amines) is 1. The molecule has 4 aliphatic rings. The van der Waals surface area contributed by atoms with Gasteiger partial charge in [-0.05, 0) is 62.1 Å². The predicted molar refractivity (Wildman–Crippen MR) is 117 cm³/mol. The Bertz CT molecular complexity index is 693. The first kappa shape index (κ1) is 20.8. The summed E-state index contributed by atoms with van der Waals surface area (Å²) in [5.41, 5.74) is 6.60. The van der Waals surface area contributed by atoms with Crippen LogP contribution in [0.25, 0.3) is 0 Å². The van der Waals surface area contributed by atoms with E-state index < -0.39 is 5.54 Å². The number of unbranched alkanes of at least 4 members (excludes halogenated alkanes) is 1. The number of nitrogens with one attached hydrogen (secondary N) is 2. The van der Waals surface area contributed by atoms with Gasteiger partial charge in [-0.15, -0.1) is 0 Å². The molecule has 1 aromatic carbocycles. The molecule has 4 N–H and O–H groups in total. The summed E-state index contributed by atoms with van der Waals surface area (Å²) in [5.74, 6) is 2.45. The molecule has 5 rings (SSSR count). The highest BCUT2D eigenvalue weighted by molar-refractivity contribution is 5.89. The lowest BCUT2D eigenvalue weighted by Gasteiger charge is -2.56. The van der Waals surface area contributed by atoms with Crippen LogP contribution in [0.1, 0.15) is 38.7 Å². The molecule has 1 aliphatic carbocycles. The molecular formula is C24H38N4O. The number of rotatable bonds is 9. The number of nitrogens with zero attached hydrogens (tertiary/aromatic N) is 1. The second-order valence-electron chi connectivity index (χ2n) is 9.84. The van der Waals surface area contributed by atoms with Crippen LogP contribution in [-0.2, 0) is 11.2 Å². The maximum atomic E-state index is 13.6. The fraction of sp³-hybridized carbons (Fsp3) is 0.708. The topological polar surface area (TPSA) is 70.4 Å². The van der Waals surface area contributed by atoms with Crippen molar-refractivity contribution in [1.82, 2.24) is 15.5 Å². The lowest BCUT2D eigenvalue weighted by atomic mass is 9.58. The van der Waals surface area contributed by atoms with E-state index in [4.69, 9.17) is 5.73 Å². The van der Waals surface area contributed by atoms with Crippen LogP contribution >= 0.6 is 0 Å². The highest BCUT2D eigenvalue weighted by atomic mass is 16.2. The molecule has 1 amide bonds. The highest BCUT2D eigenvalue weighted by Crippen LogP contribution is 2.53. The quantitative estimate of drug-likeness (QED) is 0.557. The minimum atomic E-state index is -0.425. The van der Waals surface area contributed by atoms with Crippen LogP contribution in [0.3, 0.4) is 0 Å². The largest absolute Gasteiger partial charge is 0.354 e. The third-order valence-electron chi connectivity index (χ3n) is 7.42. The number of fused-ring (bicyclic) bond motifs is 1. The maximum absolute atomic E-state index is 13.6. The molecule has 3 aliphatic heterocycles. The third-order valence-corrected chi connectivity index (χ3v) is 7.42. The first-order valence-electron chi connectivity index (χ1n) is 11.6. The summed E-state index contributed by atoms with van der Waals surface area (Å²) in [5, 5.41) is 7.05. The number of hydrogen-bond donors (Lipinski definition) is 3. The average molecular weight is 399 g/mol. The summed E-state index contributed by atoms with van der Waals surface area (Å²) in [6.07, 6.45) is 4.17. The van der Waals surface area contributed by atoms with E-state index in [0.717, 1.165) is 45.4 Å². The summed E-state index contributed by atoms with van der Waals surface area (Å²) < 4.78 is 0. The molecule has 5 atom stereocenters. The van der Waals surface area contributed by atoms with Crippen LogP contribution in [0.4, 0.5) is 0 Å². The lowest BCUT2D eigenvalue weighted by molar-refractivity contribution is -0.138. The van der Waals surface area contributed by atoms with Crippen LogP contribution < -0.4 is 16.4 Å². The van der Waals surface area contributed by atoms with Crippen molar-refractivity contribution in [3.05, 3.63) is 35.9 Å². The van der Waals surface area contributed by atoms with Crippen molar-refractivity contribution < 1.29 is 4.79 Å².